The number of rotatable bonds is 11. The Kier molecular flexibility index (Phi) is 10.5. The molecule has 0 radical (unpaired) electrons. The van der Waals surface area contributed by atoms with Crippen molar-refractivity contribution in [2.24, 2.45) is 4.99 Å². The zero-order valence-corrected chi connectivity index (χ0v) is 22.7. The number of hydrogen-bond donors (Lipinski definition) is 2. The van der Waals surface area contributed by atoms with E-state index in [-0.39, 0.29) is 0 Å². The van der Waals surface area contributed by atoms with Gasteiger partial charge in [-0.25, -0.2) is 9.98 Å². The van der Waals surface area contributed by atoms with Crippen LogP contribution >= 0.6 is 0 Å². The lowest BCUT2D eigenvalue weighted by molar-refractivity contribution is 0.175. The lowest BCUT2D eigenvalue weighted by Gasteiger charge is -2.39. The second-order valence-corrected chi connectivity index (χ2v) is 9.40. The third-order valence-electron chi connectivity index (χ3n) is 6.72. The van der Waals surface area contributed by atoms with Crippen LogP contribution in [0.25, 0.3) is 5.70 Å². The first-order valence-electron chi connectivity index (χ1n) is 13.4. The maximum Gasteiger partial charge on any atom is 0.142 e. The first-order valence-corrected chi connectivity index (χ1v) is 13.4. The van der Waals surface area contributed by atoms with Crippen LogP contribution < -0.4 is 16.0 Å². The monoisotopic (exact) mass is 492 g/mol. The Morgan fingerprint density at radius 1 is 1.08 bits per heavy atom. The van der Waals surface area contributed by atoms with Gasteiger partial charge in [0.15, 0.2) is 0 Å². The molecule has 3 N–H and O–H groups in total. The Bertz CT molecular complexity index is 989. The second kappa shape index (κ2) is 13.8. The van der Waals surface area contributed by atoms with E-state index in [1.54, 1.807) is 12.4 Å². The van der Waals surface area contributed by atoms with E-state index in [9.17, 15) is 0 Å². The molecule has 1 fully saturated rings. The highest BCUT2D eigenvalue weighted by Gasteiger charge is 2.21. The predicted octanol–water partition coefficient (Wildman–Crippen LogP) is 4.93. The van der Waals surface area contributed by atoms with Gasteiger partial charge in [0.2, 0.25) is 0 Å². The van der Waals surface area contributed by atoms with Crippen molar-refractivity contribution in [2.45, 2.75) is 59.4 Å². The number of aliphatic imine (C=N–C) groups is 1. The molecule has 36 heavy (non-hydrogen) atoms. The minimum Gasteiger partial charge on any atom is -0.382 e. The number of nitrogens with zero attached hydrogens (tertiary/aromatic N) is 6. The van der Waals surface area contributed by atoms with Gasteiger partial charge in [-0.05, 0) is 43.5 Å². The average Bonchev–Trinajstić information content (AvgIpc) is 2.89. The molecule has 0 amide bonds. The van der Waals surface area contributed by atoms with E-state index in [0.29, 0.717) is 17.6 Å². The number of nitrogens with one attached hydrogen (secondary N) is 1. The minimum atomic E-state index is 0.383. The molecule has 1 aromatic heterocycles. The molecule has 8 nitrogen and oxygen atoms in total. The first-order chi connectivity index (χ1) is 17.5. The summed E-state index contributed by atoms with van der Waals surface area (Å²) in [5.41, 5.74) is 9.60. The largest absolute Gasteiger partial charge is 0.382 e. The van der Waals surface area contributed by atoms with Crippen molar-refractivity contribution < 1.29 is 0 Å². The van der Waals surface area contributed by atoms with Crippen LogP contribution in [0.5, 0.6) is 0 Å². The standard InChI is InChI=1S/C28H44N8/c1-6-14-34(5)21-26(25-19-30-20-27(29)32-25)33-28(9-4)31-22-10-12-24(13-11-22)36-17-15-35(16-18-36)23(7-2)8-3/h10-13,19-21,23H,6-9,14-18H2,1-5H3,(H2,29,32)(H,31,33)/b26-21-. The summed E-state index contributed by atoms with van der Waals surface area (Å²) >= 11 is 0. The third kappa shape index (κ3) is 7.68. The molecule has 2 aromatic rings. The fourth-order valence-electron chi connectivity index (χ4n) is 4.70. The van der Waals surface area contributed by atoms with Crippen molar-refractivity contribution in [1.82, 2.24) is 19.8 Å². The molecule has 0 atom stereocenters. The van der Waals surface area contributed by atoms with Gasteiger partial charge in [0.05, 0.1) is 12.4 Å². The summed E-state index contributed by atoms with van der Waals surface area (Å²) in [7, 11) is 2.04. The quantitative estimate of drug-likeness (QED) is 0.340. The summed E-state index contributed by atoms with van der Waals surface area (Å²) in [4.78, 5) is 20.8. The Morgan fingerprint density at radius 3 is 2.36 bits per heavy atom. The van der Waals surface area contributed by atoms with Crippen molar-refractivity contribution in [1.29, 1.82) is 0 Å². The Hall–Kier alpha value is -3.13. The maximum absolute atomic E-state index is 5.90. The van der Waals surface area contributed by atoms with Crippen LogP contribution in [0.1, 0.15) is 59.1 Å². The van der Waals surface area contributed by atoms with E-state index in [0.717, 1.165) is 62.8 Å². The highest BCUT2D eigenvalue weighted by molar-refractivity contribution is 5.98. The normalized spacial score (nSPS) is 15.4. The second-order valence-electron chi connectivity index (χ2n) is 9.40. The van der Waals surface area contributed by atoms with Gasteiger partial charge >= 0.3 is 0 Å². The highest BCUT2D eigenvalue weighted by Crippen LogP contribution is 2.22. The molecular formula is C28H44N8. The molecule has 1 aliphatic heterocycles. The Balaban J connectivity index is 1.71. The molecule has 0 aliphatic carbocycles. The SMILES string of the molecule is CCCN(C)/C=C(\N=C(CC)Nc1ccc(N2CCN(C(CC)CC)CC2)cc1)c1cncc(N)n1. The molecular weight excluding hydrogens is 448 g/mol. The molecule has 0 unspecified atom stereocenters. The summed E-state index contributed by atoms with van der Waals surface area (Å²) in [6, 6.07) is 9.40. The lowest BCUT2D eigenvalue weighted by atomic mass is 10.1. The summed E-state index contributed by atoms with van der Waals surface area (Å²) in [5, 5.41) is 3.50. The van der Waals surface area contributed by atoms with Crippen LogP contribution in [0.15, 0.2) is 47.9 Å². The number of hydrogen-bond acceptors (Lipinski definition) is 7. The van der Waals surface area contributed by atoms with Crippen molar-refractivity contribution >= 4 is 28.7 Å². The maximum atomic E-state index is 5.90. The van der Waals surface area contributed by atoms with Gasteiger partial charge in [-0.3, -0.25) is 9.88 Å². The molecule has 0 spiro atoms. The van der Waals surface area contributed by atoms with Crippen LogP contribution in [0.3, 0.4) is 0 Å². The smallest absolute Gasteiger partial charge is 0.142 e. The van der Waals surface area contributed by atoms with E-state index in [1.807, 2.05) is 13.2 Å². The van der Waals surface area contributed by atoms with E-state index >= 15 is 0 Å². The predicted molar refractivity (Wildman–Crippen MR) is 153 cm³/mol. The van der Waals surface area contributed by atoms with E-state index in [4.69, 9.17) is 10.7 Å². The number of aromatic nitrogens is 2. The molecule has 1 saturated heterocycles. The number of piperazine rings is 1. The molecule has 1 aromatic carbocycles. The first kappa shape index (κ1) is 27.5. The molecule has 196 valence electrons. The fraction of sp³-hybridized carbons (Fsp3) is 0.536. The van der Waals surface area contributed by atoms with Gasteiger partial charge in [-0.1, -0.05) is 27.7 Å². The van der Waals surface area contributed by atoms with Crippen molar-refractivity contribution in [3.63, 3.8) is 0 Å². The molecule has 0 bridgehead atoms. The molecule has 2 heterocycles. The summed E-state index contributed by atoms with van der Waals surface area (Å²) in [6.07, 6.45) is 9.52. The Labute approximate surface area is 217 Å². The number of benzene rings is 1. The molecule has 8 heteroatoms. The van der Waals surface area contributed by atoms with Gasteiger partial charge in [0.25, 0.3) is 0 Å². The summed E-state index contributed by atoms with van der Waals surface area (Å²) < 4.78 is 0. The van der Waals surface area contributed by atoms with Crippen LogP contribution in [-0.4, -0.2) is 71.4 Å². The van der Waals surface area contributed by atoms with Crippen LogP contribution in [-0.2, 0) is 0 Å². The number of nitrogen functional groups attached to an aromatic ring is 1. The lowest BCUT2D eigenvalue weighted by Crippen LogP contribution is -2.50. The number of anilines is 3. The minimum absolute atomic E-state index is 0.383. The number of amidine groups is 1. The van der Waals surface area contributed by atoms with Gasteiger partial charge in [-0.2, -0.15) is 0 Å². The van der Waals surface area contributed by atoms with Crippen LogP contribution in [0.2, 0.25) is 0 Å². The molecule has 1 aliphatic rings. The van der Waals surface area contributed by atoms with Crippen LogP contribution in [0, 0.1) is 0 Å². The highest BCUT2D eigenvalue weighted by atomic mass is 15.3. The van der Waals surface area contributed by atoms with Gasteiger partial charge in [-0.15, -0.1) is 0 Å². The zero-order valence-electron chi connectivity index (χ0n) is 22.7. The fourth-order valence-corrected chi connectivity index (χ4v) is 4.70. The molecule has 3 rings (SSSR count). The van der Waals surface area contributed by atoms with E-state index in [1.165, 1.54) is 18.5 Å². The molecule has 0 saturated carbocycles. The van der Waals surface area contributed by atoms with E-state index in [2.05, 4.69) is 81.9 Å². The van der Waals surface area contributed by atoms with Crippen molar-refractivity contribution in [3.8, 4) is 0 Å². The van der Waals surface area contributed by atoms with Gasteiger partial charge < -0.3 is 20.9 Å². The van der Waals surface area contributed by atoms with Crippen molar-refractivity contribution in [2.75, 3.05) is 55.7 Å². The Morgan fingerprint density at radius 2 is 1.78 bits per heavy atom. The number of nitrogens with two attached hydrogens (primary N) is 1. The summed E-state index contributed by atoms with van der Waals surface area (Å²) in [6.45, 7) is 14.2. The topological polar surface area (TPSA) is 85.9 Å². The van der Waals surface area contributed by atoms with E-state index < -0.39 is 0 Å². The third-order valence-corrected chi connectivity index (χ3v) is 6.72. The summed E-state index contributed by atoms with van der Waals surface area (Å²) in [5.74, 6) is 1.25. The van der Waals surface area contributed by atoms with Gasteiger partial charge in [0.1, 0.15) is 23.0 Å². The van der Waals surface area contributed by atoms with Crippen LogP contribution in [0.4, 0.5) is 17.2 Å². The zero-order chi connectivity index (χ0) is 25.9. The van der Waals surface area contributed by atoms with Crippen molar-refractivity contribution in [3.05, 3.63) is 48.6 Å². The average molecular weight is 493 g/mol. The van der Waals surface area contributed by atoms with Gasteiger partial charge in [0, 0.05) is 69.8 Å².